The van der Waals surface area contributed by atoms with Gasteiger partial charge < -0.3 is 5.32 Å². The normalized spacial score (nSPS) is 10.7. The number of anilines is 1. The molecule has 0 amide bonds. The van der Waals surface area contributed by atoms with E-state index in [-0.39, 0.29) is 0 Å². The molecule has 0 aliphatic carbocycles. The van der Waals surface area contributed by atoms with Crippen LogP contribution in [0.15, 0.2) is 91.5 Å². The van der Waals surface area contributed by atoms with E-state index < -0.39 is 0 Å². The Kier molecular flexibility index (Phi) is 4.28. The summed E-state index contributed by atoms with van der Waals surface area (Å²) in [6, 6.07) is 29.9. The second-order valence-corrected chi connectivity index (χ2v) is 6.30. The van der Waals surface area contributed by atoms with Gasteiger partial charge in [0, 0.05) is 18.3 Å². The molecule has 4 aromatic carbocycles. The van der Waals surface area contributed by atoms with Crippen molar-refractivity contribution in [2.45, 2.75) is 0 Å². The lowest BCUT2D eigenvalue weighted by atomic mass is 9.85. The molecule has 0 radical (unpaired) electrons. The topological polar surface area (TPSA) is 12.0 Å². The van der Waals surface area contributed by atoms with Crippen molar-refractivity contribution in [1.29, 1.82) is 0 Å². The maximum absolute atomic E-state index is 4.09. The Morgan fingerprint density at radius 1 is 0.769 bits per heavy atom. The highest BCUT2D eigenvalue weighted by molar-refractivity contribution is 6.08. The number of para-hydroxylation sites is 1. The van der Waals surface area contributed by atoms with E-state index in [1.165, 1.54) is 33.0 Å². The van der Waals surface area contributed by atoms with Crippen molar-refractivity contribution in [2.24, 2.45) is 0 Å². The lowest BCUT2D eigenvalue weighted by Crippen LogP contribution is -1.96. The van der Waals surface area contributed by atoms with Crippen molar-refractivity contribution in [3.63, 3.8) is 0 Å². The average Bonchev–Trinajstić information content (AvgIpc) is 2.72. The van der Waals surface area contributed by atoms with E-state index in [0.29, 0.717) is 0 Å². The third-order valence-electron chi connectivity index (χ3n) is 4.83. The Labute approximate surface area is 154 Å². The minimum Gasteiger partial charge on any atom is -0.388 e. The molecule has 26 heavy (non-hydrogen) atoms. The van der Waals surface area contributed by atoms with Crippen molar-refractivity contribution in [1.82, 2.24) is 0 Å². The summed E-state index contributed by atoms with van der Waals surface area (Å²) in [5.74, 6) is 0. The Bertz CT molecular complexity index is 1080. The van der Waals surface area contributed by atoms with Gasteiger partial charge in [0.1, 0.15) is 0 Å². The molecular weight excluding hydrogens is 314 g/mol. The van der Waals surface area contributed by atoms with Crippen LogP contribution in [0.25, 0.3) is 39.1 Å². The molecule has 0 fully saturated rings. The highest BCUT2D eigenvalue weighted by Crippen LogP contribution is 2.43. The highest BCUT2D eigenvalue weighted by atomic mass is 14.8. The molecule has 0 saturated heterocycles. The summed E-state index contributed by atoms with van der Waals surface area (Å²) < 4.78 is 0. The van der Waals surface area contributed by atoms with Crippen molar-refractivity contribution in [3.05, 3.63) is 97.1 Å². The van der Waals surface area contributed by atoms with Crippen molar-refractivity contribution in [2.75, 3.05) is 12.4 Å². The lowest BCUT2D eigenvalue weighted by molar-refractivity contribution is 1.50. The molecule has 0 bridgehead atoms. The second kappa shape index (κ2) is 6.89. The number of nitrogens with one attached hydrogen (secondary N) is 1. The van der Waals surface area contributed by atoms with Gasteiger partial charge in [-0.05, 0) is 45.2 Å². The summed E-state index contributed by atoms with van der Waals surface area (Å²) in [6.45, 7) is 4.09. The summed E-state index contributed by atoms with van der Waals surface area (Å²) in [6.07, 6.45) is 1.96. The molecule has 0 aliphatic rings. The van der Waals surface area contributed by atoms with Crippen LogP contribution in [-0.2, 0) is 0 Å². The zero-order chi connectivity index (χ0) is 17.9. The molecule has 1 heteroatoms. The fraction of sp³-hybridized carbons (Fsp3) is 0.0400. The molecule has 0 heterocycles. The predicted octanol–water partition coefficient (Wildman–Crippen LogP) is 6.86. The molecular formula is C25H21N. The SMILES string of the molecule is C=Cc1cc2ccccc2c(-c2ccccc2)c1-c1ccccc1NC. The number of benzene rings is 4. The summed E-state index contributed by atoms with van der Waals surface area (Å²) >= 11 is 0. The third kappa shape index (κ3) is 2.68. The molecule has 0 aliphatic heterocycles. The molecule has 4 rings (SSSR count). The molecule has 126 valence electrons. The standard InChI is InChI=1S/C25H21N/c1-3-18-17-20-13-7-8-14-21(20)25(19-11-5-4-6-12-19)24(18)22-15-9-10-16-23(22)26-2/h3-17,26H,1H2,2H3. The van der Waals surface area contributed by atoms with Crippen LogP contribution in [0.4, 0.5) is 5.69 Å². The molecule has 0 spiro atoms. The highest BCUT2D eigenvalue weighted by Gasteiger charge is 2.17. The number of rotatable bonds is 4. The third-order valence-corrected chi connectivity index (χ3v) is 4.83. The quantitative estimate of drug-likeness (QED) is 0.429. The van der Waals surface area contributed by atoms with E-state index in [1.54, 1.807) is 0 Å². The van der Waals surface area contributed by atoms with Gasteiger partial charge >= 0.3 is 0 Å². The predicted molar refractivity (Wildman–Crippen MR) is 114 cm³/mol. The van der Waals surface area contributed by atoms with Gasteiger partial charge in [-0.2, -0.15) is 0 Å². The van der Waals surface area contributed by atoms with Crippen LogP contribution >= 0.6 is 0 Å². The fourth-order valence-corrected chi connectivity index (χ4v) is 3.64. The minimum atomic E-state index is 1.11. The van der Waals surface area contributed by atoms with Gasteiger partial charge in [-0.3, -0.25) is 0 Å². The van der Waals surface area contributed by atoms with Gasteiger partial charge in [-0.25, -0.2) is 0 Å². The monoisotopic (exact) mass is 335 g/mol. The Hall–Kier alpha value is -3.32. The van der Waals surface area contributed by atoms with Gasteiger partial charge in [0.15, 0.2) is 0 Å². The average molecular weight is 335 g/mol. The maximum Gasteiger partial charge on any atom is 0.0417 e. The van der Waals surface area contributed by atoms with Crippen LogP contribution < -0.4 is 5.32 Å². The van der Waals surface area contributed by atoms with Crippen LogP contribution in [0, 0.1) is 0 Å². The van der Waals surface area contributed by atoms with Gasteiger partial charge in [0.05, 0.1) is 0 Å². The minimum absolute atomic E-state index is 1.11. The van der Waals surface area contributed by atoms with E-state index >= 15 is 0 Å². The fourth-order valence-electron chi connectivity index (χ4n) is 3.64. The van der Waals surface area contributed by atoms with Crippen molar-refractivity contribution in [3.8, 4) is 22.3 Å². The maximum atomic E-state index is 4.09. The zero-order valence-electron chi connectivity index (χ0n) is 14.9. The van der Waals surface area contributed by atoms with Crippen LogP contribution in [0.2, 0.25) is 0 Å². The van der Waals surface area contributed by atoms with Gasteiger partial charge in [-0.15, -0.1) is 0 Å². The van der Waals surface area contributed by atoms with E-state index in [4.69, 9.17) is 0 Å². The van der Waals surface area contributed by atoms with Gasteiger partial charge in [0.2, 0.25) is 0 Å². The molecule has 0 unspecified atom stereocenters. The van der Waals surface area contributed by atoms with Crippen LogP contribution in [0.1, 0.15) is 5.56 Å². The van der Waals surface area contributed by atoms with Gasteiger partial charge in [0.25, 0.3) is 0 Å². The van der Waals surface area contributed by atoms with Crippen LogP contribution in [0.3, 0.4) is 0 Å². The van der Waals surface area contributed by atoms with Crippen LogP contribution in [-0.4, -0.2) is 7.05 Å². The van der Waals surface area contributed by atoms with E-state index in [0.717, 1.165) is 11.3 Å². The number of hydrogen-bond acceptors (Lipinski definition) is 1. The van der Waals surface area contributed by atoms with E-state index in [1.807, 2.05) is 13.1 Å². The number of fused-ring (bicyclic) bond motifs is 1. The van der Waals surface area contributed by atoms with E-state index in [2.05, 4.69) is 96.8 Å². The summed E-state index contributed by atoms with van der Waals surface area (Å²) in [7, 11) is 1.97. The first-order valence-corrected chi connectivity index (χ1v) is 8.84. The Balaban J connectivity index is 2.19. The van der Waals surface area contributed by atoms with Crippen LogP contribution in [0.5, 0.6) is 0 Å². The van der Waals surface area contributed by atoms with Crippen molar-refractivity contribution >= 4 is 22.5 Å². The first-order valence-electron chi connectivity index (χ1n) is 8.84. The summed E-state index contributed by atoms with van der Waals surface area (Å²) in [5, 5.41) is 5.82. The van der Waals surface area contributed by atoms with E-state index in [9.17, 15) is 0 Å². The smallest absolute Gasteiger partial charge is 0.0417 e. The second-order valence-electron chi connectivity index (χ2n) is 6.30. The van der Waals surface area contributed by atoms with Gasteiger partial charge in [-0.1, -0.05) is 85.5 Å². The summed E-state index contributed by atoms with van der Waals surface area (Å²) in [4.78, 5) is 0. The Morgan fingerprint density at radius 3 is 2.23 bits per heavy atom. The lowest BCUT2D eigenvalue weighted by Gasteiger charge is -2.19. The zero-order valence-corrected chi connectivity index (χ0v) is 14.9. The molecule has 1 N–H and O–H groups in total. The first kappa shape index (κ1) is 16.2. The van der Waals surface area contributed by atoms with Crippen molar-refractivity contribution < 1.29 is 0 Å². The number of hydrogen-bond donors (Lipinski definition) is 1. The largest absolute Gasteiger partial charge is 0.388 e. The summed E-state index contributed by atoms with van der Waals surface area (Å²) in [5.41, 5.74) is 7.13. The molecule has 0 aromatic heterocycles. The Morgan fingerprint density at radius 2 is 1.46 bits per heavy atom. The molecule has 0 atom stereocenters. The first-order chi connectivity index (χ1) is 12.8. The molecule has 0 saturated carbocycles. The molecule has 1 nitrogen and oxygen atoms in total. The molecule has 4 aromatic rings.